The summed E-state index contributed by atoms with van der Waals surface area (Å²) in [7, 11) is 0. The molecule has 0 aromatic carbocycles. The van der Waals surface area contributed by atoms with Gasteiger partial charge in [-0.05, 0) is 40.9 Å². The minimum absolute atomic E-state index is 0.188. The molecule has 0 unspecified atom stereocenters. The Balaban J connectivity index is 2.28. The molecule has 2 nitrogen and oxygen atoms in total. The molecule has 1 aliphatic carbocycles. The molecule has 66 valence electrons. The predicted octanol–water partition coefficient (Wildman–Crippen LogP) is 2.77. The van der Waals surface area contributed by atoms with Crippen molar-refractivity contribution in [2.45, 2.75) is 31.2 Å². The minimum atomic E-state index is -0.188. The summed E-state index contributed by atoms with van der Waals surface area (Å²) in [6, 6.07) is 3.87. The first-order chi connectivity index (χ1) is 5.71. The molecule has 0 bridgehead atoms. The van der Waals surface area contributed by atoms with Crippen LogP contribution in [0.1, 0.15) is 31.4 Å². The van der Waals surface area contributed by atoms with Crippen LogP contribution in [0.25, 0.3) is 0 Å². The molecule has 2 rings (SSSR count). The third-order valence-corrected chi connectivity index (χ3v) is 2.99. The summed E-state index contributed by atoms with van der Waals surface area (Å²) >= 11 is 3.28. The van der Waals surface area contributed by atoms with Crippen LogP contribution in [0.15, 0.2) is 21.2 Å². The van der Waals surface area contributed by atoms with E-state index in [4.69, 9.17) is 10.2 Å². The van der Waals surface area contributed by atoms with Crippen molar-refractivity contribution in [2.75, 3.05) is 0 Å². The topological polar surface area (TPSA) is 39.2 Å². The Labute approximate surface area is 80.3 Å². The SMILES string of the molecule is NC1(c2ccc(Br)o2)CCCC1. The molecule has 0 saturated heterocycles. The fourth-order valence-electron chi connectivity index (χ4n) is 1.83. The van der Waals surface area contributed by atoms with E-state index in [-0.39, 0.29) is 5.54 Å². The maximum absolute atomic E-state index is 6.18. The highest BCUT2D eigenvalue weighted by Gasteiger charge is 2.33. The van der Waals surface area contributed by atoms with Crippen LogP contribution in [0, 0.1) is 0 Å². The lowest BCUT2D eigenvalue weighted by atomic mass is 9.96. The largest absolute Gasteiger partial charge is 0.452 e. The lowest BCUT2D eigenvalue weighted by molar-refractivity contribution is 0.342. The maximum atomic E-state index is 6.18. The van der Waals surface area contributed by atoms with Crippen molar-refractivity contribution in [2.24, 2.45) is 5.73 Å². The average Bonchev–Trinajstić information content (AvgIpc) is 2.59. The summed E-state index contributed by atoms with van der Waals surface area (Å²) in [4.78, 5) is 0. The number of hydrogen-bond acceptors (Lipinski definition) is 2. The van der Waals surface area contributed by atoms with E-state index in [0.717, 1.165) is 23.3 Å². The molecule has 0 aliphatic heterocycles. The Morgan fingerprint density at radius 1 is 1.33 bits per heavy atom. The molecule has 1 saturated carbocycles. The van der Waals surface area contributed by atoms with E-state index in [1.165, 1.54) is 12.8 Å². The lowest BCUT2D eigenvalue weighted by Gasteiger charge is -2.19. The molecule has 1 heterocycles. The second-order valence-corrected chi connectivity index (χ2v) is 4.25. The first-order valence-electron chi connectivity index (χ1n) is 4.25. The number of furan rings is 1. The van der Waals surface area contributed by atoms with Gasteiger partial charge in [0.1, 0.15) is 5.76 Å². The lowest BCUT2D eigenvalue weighted by Crippen LogP contribution is -2.32. The van der Waals surface area contributed by atoms with Gasteiger partial charge in [0.15, 0.2) is 4.67 Å². The van der Waals surface area contributed by atoms with Crippen molar-refractivity contribution in [3.05, 3.63) is 22.6 Å². The van der Waals surface area contributed by atoms with E-state index < -0.39 is 0 Å². The molecule has 1 aliphatic rings. The van der Waals surface area contributed by atoms with Gasteiger partial charge in [0.25, 0.3) is 0 Å². The standard InChI is InChI=1S/C9H12BrNO/c10-8-4-3-7(12-8)9(11)5-1-2-6-9/h3-4H,1-2,5-6,11H2. The highest BCUT2D eigenvalue weighted by atomic mass is 79.9. The predicted molar refractivity (Wildman–Crippen MR) is 50.7 cm³/mol. The van der Waals surface area contributed by atoms with Crippen molar-refractivity contribution in [1.82, 2.24) is 0 Å². The van der Waals surface area contributed by atoms with Crippen LogP contribution < -0.4 is 5.73 Å². The quantitative estimate of drug-likeness (QED) is 0.805. The smallest absolute Gasteiger partial charge is 0.169 e. The molecular weight excluding hydrogens is 218 g/mol. The number of rotatable bonds is 1. The van der Waals surface area contributed by atoms with Crippen molar-refractivity contribution >= 4 is 15.9 Å². The molecule has 0 radical (unpaired) electrons. The van der Waals surface area contributed by atoms with Crippen molar-refractivity contribution in [1.29, 1.82) is 0 Å². The molecule has 0 atom stereocenters. The minimum Gasteiger partial charge on any atom is -0.452 e. The first-order valence-corrected chi connectivity index (χ1v) is 5.05. The maximum Gasteiger partial charge on any atom is 0.169 e. The van der Waals surface area contributed by atoms with Gasteiger partial charge in [-0.25, -0.2) is 0 Å². The zero-order chi connectivity index (χ0) is 8.60. The van der Waals surface area contributed by atoms with E-state index in [1.807, 2.05) is 12.1 Å². The summed E-state index contributed by atoms with van der Waals surface area (Å²) in [5.41, 5.74) is 5.99. The van der Waals surface area contributed by atoms with Crippen LogP contribution in [-0.4, -0.2) is 0 Å². The first kappa shape index (κ1) is 8.32. The van der Waals surface area contributed by atoms with Crippen molar-refractivity contribution in [3.8, 4) is 0 Å². The highest BCUT2D eigenvalue weighted by Crippen LogP contribution is 2.37. The summed E-state index contributed by atoms with van der Waals surface area (Å²) in [6.07, 6.45) is 4.53. The highest BCUT2D eigenvalue weighted by molar-refractivity contribution is 9.10. The molecule has 0 amide bonds. The molecule has 0 spiro atoms. The van der Waals surface area contributed by atoms with Gasteiger partial charge in [-0.3, -0.25) is 0 Å². The van der Waals surface area contributed by atoms with Gasteiger partial charge >= 0.3 is 0 Å². The number of halogens is 1. The molecule has 2 N–H and O–H groups in total. The zero-order valence-corrected chi connectivity index (χ0v) is 8.43. The van der Waals surface area contributed by atoms with Gasteiger partial charge in [0.2, 0.25) is 0 Å². The zero-order valence-electron chi connectivity index (χ0n) is 6.85. The fraction of sp³-hybridized carbons (Fsp3) is 0.556. The monoisotopic (exact) mass is 229 g/mol. The fourth-order valence-corrected chi connectivity index (χ4v) is 2.14. The van der Waals surface area contributed by atoms with Crippen LogP contribution in [0.4, 0.5) is 0 Å². The Kier molecular flexibility index (Phi) is 2.00. The molecular formula is C9H12BrNO. The Morgan fingerprint density at radius 2 is 2.00 bits per heavy atom. The van der Waals surface area contributed by atoms with Gasteiger partial charge in [-0.15, -0.1) is 0 Å². The summed E-state index contributed by atoms with van der Waals surface area (Å²) < 4.78 is 6.23. The van der Waals surface area contributed by atoms with Gasteiger partial charge in [-0.2, -0.15) is 0 Å². The number of hydrogen-bond donors (Lipinski definition) is 1. The van der Waals surface area contributed by atoms with Gasteiger partial charge in [0, 0.05) is 0 Å². The van der Waals surface area contributed by atoms with Gasteiger partial charge < -0.3 is 10.2 Å². The Bertz CT molecular complexity index is 276. The van der Waals surface area contributed by atoms with E-state index in [1.54, 1.807) is 0 Å². The Hall–Kier alpha value is -0.280. The van der Waals surface area contributed by atoms with Gasteiger partial charge in [-0.1, -0.05) is 12.8 Å². The summed E-state index contributed by atoms with van der Waals surface area (Å²) in [6.45, 7) is 0. The Morgan fingerprint density at radius 3 is 2.50 bits per heavy atom. The van der Waals surface area contributed by atoms with Crippen LogP contribution in [0.3, 0.4) is 0 Å². The van der Waals surface area contributed by atoms with E-state index in [2.05, 4.69) is 15.9 Å². The van der Waals surface area contributed by atoms with Crippen LogP contribution >= 0.6 is 15.9 Å². The second kappa shape index (κ2) is 2.89. The summed E-state index contributed by atoms with van der Waals surface area (Å²) in [5, 5.41) is 0. The van der Waals surface area contributed by atoms with Crippen LogP contribution in [0.2, 0.25) is 0 Å². The van der Waals surface area contributed by atoms with E-state index >= 15 is 0 Å². The summed E-state index contributed by atoms with van der Waals surface area (Å²) in [5.74, 6) is 0.923. The van der Waals surface area contributed by atoms with E-state index in [0.29, 0.717) is 0 Å². The number of nitrogens with two attached hydrogens (primary N) is 1. The molecule has 3 heteroatoms. The molecule has 12 heavy (non-hydrogen) atoms. The second-order valence-electron chi connectivity index (χ2n) is 3.47. The van der Waals surface area contributed by atoms with Crippen LogP contribution in [-0.2, 0) is 5.54 Å². The molecule has 1 aromatic rings. The average molecular weight is 230 g/mol. The third-order valence-electron chi connectivity index (χ3n) is 2.56. The van der Waals surface area contributed by atoms with Gasteiger partial charge in [0.05, 0.1) is 5.54 Å². The van der Waals surface area contributed by atoms with Crippen LogP contribution in [0.5, 0.6) is 0 Å². The molecule has 1 aromatic heterocycles. The van der Waals surface area contributed by atoms with Crippen molar-refractivity contribution in [3.63, 3.8) is 0 Å². The molecule has 1 fully saturated rings. The third kappa shape index (κ3) is 1.31. The normalized spacial score (nSPS) is 21.5. The van der Waals surface area contributed by atoms with Crippen molar-refractivity contribution < 1.29 is 4.42 Å². The van der Waals surface area contributed by atoms with E-state index in [9.17, 15) is 0 Å².